The third-order valence-corrected chi connectivity index (χ3v) is 4.53. The van der Waals surface area contributed by atoms with Crippen molar-refractivity contribution < 1.29 is 19.1 Å². The van der Waals surface area contributed by atoms with Crippen LogP contribution in [0.3, 0.4) is 0 Å². The molecule has 3 rings (SSSR count). The van der Waals surface area contributed by atoms with E-state index in [1.807, 2.05) is 31.2 Å². The minimum Gasteiger partial charge on any atom is -0.493 e. The number of methoxy groups -OCH3 is 2. The summed E-state index contributed by atoms with van der Waals surface area (Å²) in [5.41, 5.74) is 1.80. The van der Waals surface area contributed by atoms with Gasteiger partial charge in [-0.25, -0.2) is 0 Å². The van der Waals surface area contributed by atoms with Crippen LogP contribution in [-0.4, -0.2) is 32.9 Å². The first-order valence-corrected chi connectivity index (χ1v) is 9.26. The summed E-state index contributed by atoms with van der Waals surface area (Å²) >= 11 is 0. The van der Waals surface area contributed by atoms with E-state index in [0.717, 1.165) is 16.5 Å². The number of nitrogens with one attached hydrogen (secondary N) is 1. The lowest BCUT2D eigenvalue weighted by Crippen LogP contribution is -2.29. The van der Waals surface area contributed by atoms with Crippen molar-refractivity contribution in [1.82, 2.24) is 5.32 Å². The SMILES string of the molecule is COc1ccc(/C=N/OCC(=O)NC(C)c2ccc3ccccc3c2)cc1OC. The lowest BCUT2D eigenvalue weighted by atomic mass is 10.0. The van der Waals surface area contributed by atoms with Gasteiger partial charge >= 0.3 is 0 Å². The molecular formula is C23H24N2O4. The number of carbonyl (C=O) groups is 1. The van der Waals surface area contributed by atoms with Gasteiger partial charge in [0.05, 0.1) is 26.5 Å². The van der Waals surface area contributed by atoms with E-state index in [0.29, 0.717) is 11.5 Å². The van der Waals surface area contributed by atoms with Crippen molar-refractivity contribution in [2.24, 2.45) is 5.16 Å². The Bertz CT molecular complexity index is 1020. The van der Waals surface area contributed by atoms with Crippen molar-refractivity contribution >= 4 is 22.9 Å². The number of amides is 1. The van der Waals surface area contributed by atoms with Crippen LogP contribution in [0.25, 0.3) is 10.8 Å². The summed E-state index contributed by atoms with van der Waals surface area (Å²) in [7, 11) is 3.14. The number of rotatable bonds is 8. The van der Waals surface area contributed by atoms with Gasteiger partial charge in [0.15, 0.2) is 18.1 Å². The summed E-state index contributed by atoms with van der Waals surface area (Å²) in [5, 5.41) is 9.08. The Hall–Kier alpha value is -3.54. The van der Waals surface area contributed by atoms with Gasteiger partial charge in [-0.3, -0.25) is 4.79 Å². The van der Waals surface area contributed by atoms with Gasteiger partial charge in [-0.1, -0.05) is 41.6 Å². The van der Waals surface area contributed by atoms with Crippen LogP contribution in [0.4, 0.5) is 0 Å². The normalized spacial score (nSPS) is 12.0. The van der Waals surface area contributed by atoms with Gasteiger partial charge in [-0.05, 0) is 47.5 Å². The molecule has 1 unspecified atom stereocenters. The highest BCUT2D eigenvalue weighted by Gasteiger charge is 2.10. The highest BCUT2D eigenvalue weighted by atomic mass is 16.6. The molecule has 3 aromatic rings. The van der Waals surface area contributed by atoms with Crippen molar-refractivity contribution in [2.75, 3.05) is 20.8 Å². The standard InChI is InChI=1S/C23H24N2O4/c1-16(19-10-9-18-6-4-5-7-20(18)13-19)25-23(26)15-29-24-14-17-8-11-21(27-2)22(12-17)28-3/h4-14,16H,15H2,1-3H3,(H,25,26)/b24-14+. The molecule has 0 radical (unpaired) electrons. The van der Waals surface area contributed by atoms with Crippen molar-refractivity contribution in [3.8, 4) is 11.5 Å². The summed E-state index contributed by atoms with van der Waals surface area (Å²) in [6.45, 7) is 1.77. The molecule has 1 amide bonds. The first kappa shape index (κ1) is 20.2. The molecule has 0 aliphatic rings. The summed E-state index contributed by atoms with van der Waals surface area (Å²) in [4.78, 5) is 17.3. The summed E-state index contributed by atoms with van der Waals surface area (Å²) in [5.74, 6) is 0.987. The molecule has 0 saturated heterocycles. The fraction of sp³-hybridized carbons (Fsp3) is 0.217. The largest absolute Gasteiger partial charge is 0.493 e. The summed E-state index contributed by atoms with van der Waals surface area (Å²) in [6, 6.07) is 19.5. The van der Waals surface area contributed by atoms with Gasteiger partial charge in [0.1, 0.15) is 0 Å². The second kappa shape index (κ2) is 9.59. The van der Waals surface area contributed by atoms with Crippen LogP contribution >= 0.6 is 0 Å². The lowest BCUT2D eigenvalue weighted by molar-refractivity contribution is -0.126. The van der Waals surface area contributed by atoms with E-state index in [9.17, 15) is 4.79 Å². The monoisotopic (exact) mass is 392 g/mol. The number of carbonyl (C=O) groups excluding carboxylic acids is 1. The highest BCUT2D eigenvalue weighted by molar-refractivity contribution is 5.84. The van der Waals surface area contributed by atoms with Gasteiger partial charge < -0.3 is 19.6 Å². The van der Waals surface area contributed by atoms with Gasteiger partial charge in [-0.2, -0.15) is 0 Å². The van der Waals surface area contributed by atoms with E-state index in [2.05, 4.69) is 34.7 Å². The fourth-order valence-electron chi connectivity index (χ4n) is 2.97. The number of benzene rings is 3. The Kier molecular flexibility index (Phi) is 6.68. The molecule has 0 saturated carbocycles. The Balaban J connectivity index is 1.52. The number of nitrogens with zero attached hydrogens (tertiary/aromatic N) is 1. The van der Waals surface area contributed by atoms with E-state index >= 15 is 0 Å². The molecule has 6 heteroatoms. The van der Waals surface area contributed by atoms with Crippen LogP contribution in [0, 0.1) is 0 Å². The van der Waals surface area contributed by atoms with Crippen LogP contribution < -0.4 is 14.8 Å². The third kappa shape index (κ3) is 5.25. The van der Waals surface area contributed by atoms with E-state index in [4.69, 9.17) is 14.3 Å². The molecule has 6 nitrogen and oxygen atoms in total. The molecule has 0 spiro atoms. The summed E-state index contributed by atoms with van der Waals surface area (Å²) in [6.07, 6.45) is 1.52. The maximum Gasteiger partial charge on any atom is 0.261 e. The van der Waals surface area contributed by atoms with Crippen LogP contribution in [0.1, 0.15) is 24.1 Å². The highest BCUT2D eigenvalue weighted by Crippen LogP contribution is 2.26. The van der Waals surface area contributed by atoms with Crippen molar-refractivity contribution in [3.05, 3.63) is 71.8 Å². The number of fused-ring (bicyclic) bond motifs is 1. The van der Waals surface area contributed by atoms with E-state index in [1.54, 1.807) is 26.4 Å². The quantitative estimate of drug-likeness (QED) is 0.463. The maximum absolute atomic E-state index is 12.1. The number of hydrogen-bond acceptors (Lipinski definition) is 5. The van der Waals surface area contributed by atoms with Crippen molar-refractivity contribution in [2.45, 2.75) is 13.0 Å². The van der Waals surface area contributed by atoms with Crippen LogP contribution in [0.2, 0.25) is 0 Å². The average Bonchev–Trinajstić information content (AvgIpc) is 2.76. The Morgan fingerprint density at radius 1 is 1.00 bits per heavy atom. The van der Waals surface area contributed by atoms with Gasteiger partial charge in [0.2, 0.25) is 0 Å². The predicted molar refractivity (Wildman–Crippen MR) is 114 cm³/mol. The molecule has 1 N–H and O–H groups in total. The number of ether oxygens (including phenoxy) is 2. The Morgan fingerprint density at radius 2 is 1.76 bits per heavy atom. The van der Waals surface area contributed by atoms with Crippen molar-refractivity contribution in [3.63, 3.8) is 0 Å². The molecule has 0 aliphatic carbocycles. The predicted octanol–water partition coefficient (Wildman–Crippen LogP) is 4.08. The third-order valence-electron chi connectivity index (χ3n) is 4.53. The van der Waals surface area contributed by atoms with Crippen LogP contribution in [0.15, 0.2) is 65.8 Å². The molecule has 0 aromatic heterocycles. The van der Waals surface area contributed by atoms with Gasteiger partial charge in [0.25, 0.3) is 5.91 Å². The molecule has 150 valence electrons. The molecule has 0 fully saturated rings. The van der Waals surface area contributed by atoms with Crippen LogP contribution in [0.5, 0.6) is 11.5 Å². The van der Waals surface area contributed by atoms with Gasteiger partial charge in [0, 0.05) is 5.56 Å². The smallest absolute Gasteiger partial charge is 0.261 e. The van der Waals surface area contributed by atoms with E-state index in [1.165, 1.54) is 11.6 Å². The zero-order chi connectivity index (χ0) is 20.6. The lowest BCUT2D eigenvalue weighted by Gasteiger charge is -2.14. The topological polar surface area (TPSA) is 69.2 Å². The molecule has 0 aliphatic heterocycles. The summed E-state index contributed by atoms with van der Waals surface area (Å²) < 4.78 is 10.4. The molecule has 1 atom stereocenters. The zero-order valence-electron chi connectivity index (χ0n) is 16.7. The maximum atomic E-state index is 12.1. The first-order chi connectivity index (χ1) is 14.1. The Morgan fingerprint density at radius 3 is 2.52 bits per heavy atom. The average molecular weight is 392 g/mol. The number of hydrogen-bond donors (Lipinski definition) is 1. The molecule has 29 heavy (non-hydrogen) atoms. The second-order valence-corrected chi connectivity index (χ2v) is 6.52. The van der Waals surface area contributed by atoms with Gasteiger partial charge in [-0.15, -0.1) is 0 Å². The molecule has 0 heterocycles. The Labute approximate surface area is 170 Å². The minimum atomic E-state index is -0.241. The van der Waals surface area contributed by atoms with Crippen LogP contribution in [-0.2, 0) is 9.63 Å². The zero-order valence-corrected chi connectivity index (χ0v) is 16.7. The second-order valence-electron chi connectivity index (χ2n) is 6.52. The van der Waals surface area contributed by atoms with E-state index in [-0.39, 0.29) is 18.6 Å². The van der Waals surface area contributed by atoms with E-state index < -0.39 is 0 Å². The molecule has 3 aromatic carbocycles. The first-order valence-electron chi connectivity index (χ1n) is 9.26. The fourth-order valence-corrected chi connectivity index (χ4v) is 2.97. The van der Waals surface area contributed by atoms with Crippen molar-refractivity contribution in [1.29, 1.82) is 0 Å². The molecular weight excluding hydrogens is 368 g/mol. The number of oxime groups is 1. The molecule has 0 bridgehead atoms. The minimum absolute atomic E-state index is 0.134.